The van der Waals surface area contributed by atoms with Crippen LogP contribution in [0.5, 0.6) is 0 Å². The van der Waals surface area contributed by atoms with Crippen LogP contribution in [0, 0.1) is 0 Å². The molecule has 0 saturated carbocycles. The van der Waals surface area contributed by atoms with Crippen molar-refractivity contribution in [2.45, 2.75) is 26.0 Å². The summed E-state index contributed by atoms with van der Waals surface area (Å²) in [7, 11) is 0. The predicted molar refractivity (Wildman–Crippen MR) is 128 cm³/mol. The molecule has 0 unspecified atom stereocenters. The Hall–Kier alpha value is -3.35. The summed E-state index contributed by atoms with van der Waals surface area (Å²) in [4.78, 5) is 12.3. The first-order valence-corrected chi connectivity index (χ1v) is 11.4. The Balaban J connectivity index is 1.38. The lowest BCUT2D eigenvalue weighted by molar-refractivity contribution is -0.135. The number of rotatable bonds is 3. The maximum atomic E-state index is 12.3. The number of aryl methyl sites for hydroxylation is 2. The molecule has 3 aromatic carbocycles. The van der Waals surface area contributed by atoms with Crippen LogP contribution in [0.1, 0.15) is 35.5 Å². The second-order valence-corrected chi connectivity index (χ2v) is 8.95. The van der Waals surface area contributed by atoms with Gasteiger partial charge in [0.05, 0.1) is 15.7 Å². The average molecular weight is 477 g/mol. The maximum absolute atomic E-state index is 12.3. The molecule has 0 bridgehead atoms. The highest BCUT2D eigenvalue weighted by Gasteiger charge is 2.35. The van der Waals surface area contributed by atoms with Gasteiger partial charge in [-0.05, 0) is 46.9 Å². The van der Waals surface area contributed by atoms with Gasteiger partial charge in [0, 0.05) is 18.1 Å². The van der Waals surface area contributed by atoms with E-state index in [2.05, 4.69) is 45.6 Å². The number of aromatic amines is 1. The lowest BCUT2D eigenvalue weighted by Gasteiger charge is -2.20. The van der Waals surface area contributed by atoms with E-state index in [-0.39, 0.29) is 11.8 Å². The highest BCUT2D eigenvalue weighted by molar-refractivity contribution is 6.42. The largest absolute Gasteiger partial charge is 0.445 e. The van der Waals surface area contributed by atoms with Gasteiger partial charge in [-0.15, -0.1) is 5.10 Å². The Labute approximate surface area is 199 Å². The van der Waals surface area contributed by atoms with E-state index in [9.17, 15) is 4.79 Å². The van der Waals surface area contributed by atoms with Gasteiger partial charge >= 0.3 is 0 Å². The van der Waals surface area contributed by atoms with Gasteiger partial charge in [0.25, 0.3) is 5.90 Å². The van der Waals surface area contributed by atoms with Crippen LogP contribution in [0.3, 0.4) is 0 Å². The Kier molecular flexibility index (Phi) is 4.67. The van der Waals surface area contributed by atoms with Gasteiger partial charge in [-0.3, -0.25) is 9.89 Å². The first kappa shape index (κ1) is 20.3. The SMILES string of the molecule is CC(=O)N1N=C(c2cc(-c3ccc4c5c(cccc35)CC4)n[nH]2)O[C@@H]1c1cccc(Cl)c1Cl. The van der Waals surface area contributed by atoms with Crippen LogP contribution < -0.4 is 0 Å². The zero-order valence-corrected chi connectivity index (χ0v) is 19.1. The molecule has 1 atom stereocenters. The number of nitrogens with zero attached hydrogens (tertiary/aromatic N) is 3. The summed E-state index contributed by atoms with van der Waals surface area (Å²) in [6, 6.07) is 17.8. The predicted octanol–water partition coefficient (Wildman–Crippen LogP) is 5.87. The van der Waals surface area contributed by atoms with Gasteiger partial charge < -0.3 is 4.74 Å². The average Bonchev–Trinajstić information content (AvgIpc) is 3.55. The fourth-order valence-electron chi connectivity index (χ4n) is 4.63. The van der Waals surface area contributed by atoms with Crippen LogP contribution in [0.15, 0.2) is 59.7 Å². The second kappa shape index (κ2) is 7.61. The van der Waals surface area contributed by atoms with Gasteiger partial charge in [-0.1, -0.05) is 65.7 Å². The minimum absolute atomic E-state index is 0.260. The van der Waals surface area contributed by atoms with Crippen LogP contribution in [-0.4, -0.2) is 27.0 Å². The number of benzene rings is 3. The molecule has 0 fully saturated rings. The molecule has 6 nitrogen and oxygen atoms in total. The molecular formula is C25H18Cl2N4O2. The number of hydrogen-bond acceptors (Lipinski definition) is 4. The van der Waals surface area contributed by atoms with Crippen LogP contribution in [0.25, 0.3) is 22.0 Å². The summed E-state index contributed by atoms with van der Waals surface area (Å²) < 4.78 is 6.07. The zero-order chi connectivity index (χ0) is 22.7. The molecule has 1 aliphatic carbocycles. The standard InChI is InChI=1S/C25H18Cl2N4O2/c1-13(32)31-25(18-6-3-7-19(26)23(18)27)33-24(30-31)21-12-20(28-29-21)16-11-10-15-9-8-14-4-2-5-17(16)22(14)15/h2-7,10-12,25H,8-9H2,1H3,(H,28,29)/t25-/m1/s1. The Morgan fingerprint density at radius 1 is 1.09 bits per heavy atom. The number of amides is 1. The molecule has 4 aromatic rings. The van der Waals surface area contributed by atoms with Crippen LogP contribution in [0.2, 0.25) is 10.0 Å². The Morgan fingerprint density at radius 3 is 2.70 bits per heavy atom. The monoisotopic (exact) mass is 476 g/mol. The molecule has 1 amide bonds. The minimum atomic E-state index is -0.813. The van der Waals surface area contributed by atoms with Crippen molar-refractivity contribution in [1.82, 2.24) is 15.2 Å². The molecule has 1 aromatic heterocycles. The van der Waals surface area contributed by atoms with Crippen molar-refractivity contribution in [2.75, 3.05) is 0 Å². The Morgan fingerprint density at radius 2 is 1.88 bits per heavy atom. The van der Waals surface area contributed by atoms with Crippen molar-refractivity contribution in [2.24, 2.45) is 5.10 Å². The molecule has 8 heteroatoms. The number of hydrazone groups is 1. The molecule has 164 valence electrons. The van der Waals surface area contributed by atoms with Gasteiger partial charge in [0.2, 0.25) is 12.1 Å². The van der Waals surface area contributed by atoms with E-state index in [0.717, 1.165) is 24.1 Å². The quantitative estimate of drug-likeness (QED) is 0.401. The highest BCUT2D eigenvalue weighted by Crippen LogP contribution is 2.39. The van der Waals surface area contributed by atoms with E-state index in [4.69, 9.17) is 27.9 Å². The van der Waals surface area contributed by atoms with Crippen molar-refractivity contribution in [3.05, 3.63) is 87.0 Å². The Bertz CT molecular complexity index is 1470. The molecule has 2 heterocycles. The normalized spacial score (nSPS) is 16.9. The third kappa shape index (κ3) is 3.21. The lowest BCUT2D eigenvalue weighted by atomic mass is 9.98. The molecule has 0 spiro atoms. The van der Waals surface area contributed by atoms with Gasteiger partial charge in [0.1, 0.15) is 5.69 Å². The van der Waals surface area contributed by atoms with E-state index in [1.54, 1.807) is 18.2 Å². The van der Waals surface area contributed by atoms with Crippen molar-refractivity contribution in [3.8, 4) is 11.3 Å². The molecule has 2 aliphatic rings. The molecule has 6 rings (SSSR count). The van der Waals surface area contributed by atoms with Gasteiger partial charge in [-0.2, -0.15) is 10.1 Å². The lowest BCUT2D eigenvalue weighted by Crippen LogP contribution is -2.25. The summed E-state index contributed by atoms with van der Waals surface area (Å²) in [6.45, 7) is 1.42. The van der Waals surface area contributed by atoms with Crippen molar-refractivity contribution in [3.63, 3.8) is 0 Å². The first-order valence-electron chi connectivity index (χ1n) is 10.6. The molecule has 1 aliphatic heterocycles. The topological polar surface area (TPSA) is 70.6 Å². The van der Waals surface area contributed by atoms with Crippen molar-refractivity contribution in [1.29, 1.82) is 0 Å². The van der Waals surface area contributed by atoms with Gasteiger partial charge in [-0.25, -0.2) is 0 Å². The fraction of sp³-hybridized carbons (Fsp3) is 0.160. The first-order chi connectivity index (χ1) is 16.0. The maximum Gasteiger partial charge on any atom is 0.259 e. The molecule has 33 heavy (non-hydrogen) atoms. The third-order valence-corrected chi connectivity index (χ3v) is 7.01. The van der Waals surface area contributed by atoms with Crippen molar-refractivity contribution < 1.29 is 9.53 Å². The van der Waals surface area contributed by atoms with E-state index in [1.165, 1.54) is 33.8 Å². The molecule has 0 saturated heterocycles. The number of H-pyrrole nitrogens is 1. The summed E-state index contributed by atoms with van der Waals surface area (Å²) in [5, 5.41) is 16.4. The summed E-state index contributed by atoms with van der Waals surface area (Å²) in [5.74, 6) is -0.0193. The number of halogens is 2. The smallest absolute Gasteiger partial charge is 0.259 e. The molecule has 1 N–H and O–H groups in total. The van der Waals surface area contributed by atoms with Crippen molar-refractivity contribution >= 4 is 45.8 Å². The molecule has 0 radical (unpaired) electrons. The third-order valence-electron chi connectivity index (χ3n) is 6.18. The van der Waals surface area contributed by atoms with E-state index >= 15 is 0 Å². The number of ether oxygens (including phenoxy) is 1. The fourth-order valence-corrected chi connectivity index (χ4v) is 5.03. The number of nitrogens with one attached hydrogen (secondary N) is 1. The number of hydrogen-bond donors (Lipinski definition) is 1. The summed E-state index contributed by atoms with van der Waals surface area (Å²) in [6.07, 6.45) is 1.33. The van der Waals surface area contributed by atoms with E-state index < -0.39 is 6.23 Å². The summed E-state index contributed by atoms with van der Waals surface area (Å²) in [5.41, 5.74) is 5.70. The van der Waals surface area contributed by atoms with Crippen LogP contribution >= 0.6 is 23.2 Å². The van der Waals surface area contributed by atoms with Gasteiger partial charge in [0.15, 0.2) is 0 Å². The zero-order valence-electron chi connectivity index (χ0n) is 17.6. The number of carbonyl (C=O) groups is 1. The van der Waals surface area contributed by atoms with Crippen LogP contribution in [-0.2, 0) is 22.4 Å². The second-order valence-electron chi connectivity index (χ2n) is 8.16. The highest BCUT2D eigenvalue weighted by atomic mass is 35.5. The minimum Gasteiger partial charge on any atom is -0.445 e. The molecular weight excluding hydrogens is 459 g/mol. The summed E-state index contributed by atoms with van der Waals surface area (Å²) >= 11 is 12.6. The van der Waals surface area contributed by atoms with Crippen LogP contribution in [0.4, 0.5) is 0 Å². The van der Waals surface area contributed by atoms with E-state index in [0.29, 0.717) is 21.3 Å². The van der Waals surface area contributed by atoms with E-state index in [1.807, 2.05) is 6.07 Å². The number of carbonyl (C=O) groups excluding carboxylic acids is 1. The number of aromatic nitrogens is 2.